The van der Waals surface area contributed by atoms with Gasteiger partial charge in [0.15, 0.2) is 0 Å². The smallest absolute Gasteiger partial charge is 0.242 e. The molecule has 0 spiro atoms. The van der Waals surface area contributed by atoms with Crippen molar-refractivity contribution >= 4 is 37.5 Å². The highest BCUT2D eigenvalue weighted by Crippen LogP contribution is 2.23. The Balaban J connectivity index is 2.97. The number of carbonyl (C=O) groups is 1. The highest BCUT2D eigenvalue weighted by atomic mass is 79.9. The predicted molar refractivity (Wildman–Crippen MR) is 81.6 cm³/mol. The van der Waals surface area contributed by atoms with Gasteiger partial charge in [0.2, 0.25) is 15.9 Å². The van der Waals surface area contributed by atoms with E-state index in [2.05, 4.69) is 26.0 Å². The molecule has 8 heteroatoms. The second-order valence-electron chi connectivity index (χ2n) is 4.97. The second kappa shape index (κ2) is 6.11. The van der Waals surface area contributed by atoms with Gasteiger partial charge in [-0.2, -0.15) is 0 Å². The number of hydrogen-bond donors (Lipinski definition) is 3. The van der Waals surface area contributed by atoms with Crippen molar-refractivity contribution in [2.75, 3.05) is 19.3 Å². The molecule has 0 atom stereocenters. The highest BCUT2D eigenvalue weighted by Gasteiger charge is 2.29. The zero-order valence-corrected chi connectivity index (χ0v) is 13.9. The Morgan fingerprint density at radius 3 is 2.55 bits per heavy atom. The summed E-state index contributed by atoms with van der Waals surface area (Å²) < 4.78 is 27.5. The minimum Gasteiger partial charge on any atom is -0.398 e. The molecule has 6 nitrogen and oxygen atoms in total. The third-order valence-corrected chi connectivity index (χ3v) is 4.76. The van der Waals surface area contributed by atoms with Gasteiger partial charge in [0.25, 0.3) is 0 Å². The van der Waals surface area contributed by atoms with E-state index < -0.39 is 15.4 Å². The fourth-order valence-corrected chi connectivity index (χ4v) is 3.39. The average Bonchev–Trinajstić information content (AvgIpc) is 2.38. The van der Waals surface area contributed by atoms with Crippen LogP contribution in [0.5, 0.6) is 0 Å². The number of nitrogen functional groups attached to an aromatic ring is 1. The van der Waals surface area contributed by atoms with Gasteiger partial charge in [0, 0.05) is 18.1 Å². The maximum atomic E-state index is 12.2. The Kier molecular flexibility index (Phi) is 5.17. The molecule has 0 unspecified atom stereocenters. The van der Waals surface area contributed by atoms with Gasteiger partial charge >= 0.3 is 0 Å². The van der Waals surface area contributed by atoms with Crippen LogP contribution >= 0.6 is 15.9 Å². The molecule has 0 heterocycles. The Bertz CT molecular complexity index is 614. The average molecular weight is 364 g/mol. The van der Waals surface area contributed by atoms with Crippen molar-refractivity contribution in [1.82, 2.24) is 10.0 Å². The maximum Gasteiger partial charge on any atom is 0.242 e. The van der Waals surface area contributed by atoms with Crippen LogP contribution in [0.15, 0.2) is 27.6 Å². The topological polar surface area (TPSA) is 101 Å². The second-order valence-corrected chi connectivity index (χ2v) is 7.62. The molecule has 4 N–H and O–H groups in total. The molecule has 0 aromatic heterocycles. The van der Waals surface area contributed by atoms with E-state index in [9.17, 15) is 13.2 Å². The lowest BCUT2D eigenvalue weighted by Gasteiger charge is -2.23. The molecule has 0 saturated carbocycles. The largest absolute Gasteiger partial charge is 0.398 e. The van der Waals surface area contributed by atoms with E-state index in [1.54, 1.807) is 19.9 Å². The summed E-state index contributed by atoms with van der Waals surface area (Å²) in [6, 6.07) is 4.58. The van der Waals surface area contributed by atoms with Crippen molar-refractivity contribution in [2.45, 2.75) is 18.7 Å². The number of nitrogens with two attached hydrogens (primary N) is 1. The number of halogens is 1. The number of nitrogens with one attached hydrogen (secondary N) is 2. The van der Waals surface area contributed by atoms with Gasteiger partial charge in [-0.3, -0.25) is 4.79 Å². The van der Waals surface area contributed by atoms with Crippen molar-refractivity contribution in [2.24, 2.45) is 5.41 Å². The molecule has 0 radical (unpaired) electrons. The maximum absolute atomic E-state index is 12.2. The molecule has 1 aromatic rings. The van der Waals surface area contributed by atoms with Crippen LogP contribution in [0, 0.1) is 5.41 Å². The summed E-state index contributed by atoms with van der Waals surface area (Å²) in [4.78, 5) is 11.6. The molecule has 0 aliphatic rings. The van der Waals surface area contributed by atoms with Gasteiger partial charge in [0.05, 0.1) is 11.1 Å². The van der Waals surface area contributed by atoms with Gasteiger partial charge in [-0.15, -0.1) is 0 Å². The molecular formula is C12H18BrN3O3S. The summed E-state index contributed by atoms with van der Waals surface area (Å²) in [5.41, 5.74) is 4.97. The first-order chi connectivity index (χ1) is 9.10. The van der Waals surface area contributed by atoms with Gasteiger partial charge in [-0.25, -0.2) is 13.1 Å². The molecule has 1 rings (SSSR count). The zero-order chi connectivity index (χ0) is 15.6. The van der Waals surface area contributed by atoms with E-state index in [0.29, 0.717) is 4.47 Å². The Labute approximate surface area is 127 Å². The number of sulfonamides is 1. The monoisotopic (exact) mass is 363 g/mol. The SMILES string of the molecule is CNC(=O)C(C)(C)CNS(=O)(=O)c1cc(Br)ccc1N. The molecule has 0 fully saturated rings. The van der Waals surface area contributed by atoms with Gasteiger partial charge < -0.3 is 11.1 Å². The Hall–Kier alpha value is -1.12. The van der Waals surface area contributed by atoms with Crippen molar-refractivity contribution < 1.29 is 13.2 Å². The fraction of sp³-hybridized carbons (Fsp3) is 0.417. The fourth-order valence-electron chi connectivity index (χ4n) is 1.51. The van der Waals surface area contributed by atoms with Crippen molar-refractivity contribution in [3.8, 4) is 0 Å². The summed E-state index contributed by atoms with van der Waals surface area (Å²) >= 11 is 3.20. The molecule has 0 aliphatic carbocycles. The molecule has 1 amide bonds. The third kappa shape index (κ3) is 3.94. The van der Waals surface area contributed by atoms with Crippen LogP contribution in [-0.4, -0.2) is 27.9 Å². The van der Waals surface area contributed by atoms with E-state index in [1.807, 2.05) is 0 Å². The van der Waals surface area contributed by atoms with Crippen LogP contribution in [0.25, 0.3) is 0 Å². The molecule has 112 valence electrons. The van der Waals surface area contributed by atoms with Crippen LogP contribution in [-0.2, 0) is 14.8 Å². The summed E-state index contributed by atoms with van der Waals surface area (Å²) in [6.45, 7) is 3.28. The molecule has 1 aromatic carbocycles. The van der Waals surface area contributed by atoms with E-state index in [4.69, 9.17) is 5.73 Å². The first kappa shape index (κ1) is 16.9. The van der Waals surface area contributed by atoms with E-state index >= 15 is 0 Å². The van der Waals surface area contributed by atoms with Crippen molar-refractivity contribution in [1.29, 1.82) is 0 Å². The normalized spacial score (nSPS) is 12.2. The first-order valence-electron chi connectivity index (χ1n) is 5.87. The van der Waals surface area contributed by atoms with Crippen LogP contribution in [0.3, 0.4) is 0 Å². The molecule has 0 bridgehead atoms. The van der Waals surface area contributed by atoms with Crippen LogP contribution in [0.1, 0.15) is 13.8 Å². The Morgan fingerprint density at radius 1 is 1.40 bits per heavy atom. The van der Waals surface area contributed by atoms with Crippen LogP contribution in [0.2, 0.25) is 0 Å². The molecular weight excluding hydrogens is 346 g/mol. The molecule has 0 aliphatic heterocycles. The summed E-state index contributed by atoms with van der Waals surface area (Å²) in [5, 5.41) is 2.50. The Morgan fingerprint density at radius 2 is 2.00 bits per heavy atom. The minimum atomic E-state index is -3.77. The number of rotatable bonds is 5. The molecule has 0 saturated heterocycles. The number of benzene rings is 1. The predicted octanol–water partition coefficient (Wildman–Crippen LogP) is 1.08. The van der Waals surface area contributed by atoms with E-state index in [1.165, 1.54) is 19.2 Å². The lowest BCUT2D eigenvalue weighted by atomic mass is 9.93. The van der Waals surface area contributed by atoms with E-state index in [0.717, 1.165) is 0 Å². The summed E-state index contributed by atoms with van der Waals surface area (Å²) in [5.74, 6) is -0.248. The minimum absolute atomic E-state index is 0.0143. The van der Waals surface area contributed by atoms with E-state index in [-0.39, 0.29) is 23.0 Å². The van der Waals surface area contributed by atoms with Gasteiger partial charge in [0.1, 0.15) is 4.90 Å². The number of amides is 1. The third-order valence-electron chi connectivity index (χ3n) is 2.81. The van der Waals surface area contributed by atoms with Crippen molar-refractivity contribution in [3.63, 3.8) is 0 Å². The standard InChI is InChI=1S/C12H18BrN3O3S/c1-12(2,11(17)15-3)7-16-20(18,19)10-6-8(13)4-5-9(10)14/h4-6,16H,7,14H2,1-3H3,(H,15,17). The van der Waals surface area contributed by atoms with Gasteiger partial charge in [-0.1, -0.05) is 15.9 Å². The first-order valence-corrected chi connectivity index (χ1v) is 8.14. The van der Waals surface area contributed by atoms with Crippen LogP contribution < -0.4 is 15.8 Å². The lowest BCUT2D eigenvalue weighted by Crippen LogP contribution is -2.43. The molecule has 20 heavy (non-hydrogen) atoms. The highest BCUT2D eigenvalue weighted by molar-refractivity contribution is 9.10. The number of carbonyl (C=O) groups excluding carboxylic acids is 1. The van der Waals surface area contributed by atoms with Gasteiger partial charge in [-0.05, 0) is 32.0 Å². The zero-order valence-electron chi connectivity index (χ0n) is 11.5. The summed E-state index contributed by atoms with van der Waals surface area (Å²) in [6.07, 6.45) is 0. The quantitative estimate of drug-likeness (QED) is 0.681. The van der Waals surface area contributed by atoms with Crippen molar-refractivity contribution in [3.05, 3.63) is 22.7 Å². The van der Waals surface area contributed by atoms with Crippen LogP contribution in [0.4, 0.5) is 5.69 Å². The lowest BCUT2D eigenvalue weighted by molar-refractivity contribution is -0.128. The number of anilines is 1. The number of hydrogen-bond acceptors (Lipinski definition) is 4. The summed E-state index contributed by atoms with van der Waals surface area (Å²) in [7, 11) is -2.27.